The van der Waals surface area contributed by atoms with Crippen molar-refractivity contribution >= 4 is 27.9 Å². The van der Waals surface area contributed by atoms with Crippen LogP contribution in [-0.4, -0.2) is 20.5 Å². The van der Waals surface area contributed by atoms with Gasteiger partial charge in [0, 0.05) is 11.8 Å². The third kappa shape index (κ3) is 4.64. The fourth-order valence-electron chi connectivity index (χ4n) is 3.25. The number of hydrogen-bond acceptors (Lipinski definition) is 6. The van der Waals surface area contributed by atoms with Crippen molar-refractivity contribution in [2.45, 2.75) is 32.9 Å². The molecule has 1 amide bonds. The number of para-hydroxylation sites is 1. The maximum absolute atomic E-state index is 12.9. The van der Waals surface area contributed by atoms with Crippen LogP contribution in [0.4, 0.5) is 5.69 Å². The van der Waals surface area contributed by atoms with E-state index < -0.39 is 0 Å². The van der Waals surface area contributed by atoms with Crippen LogP contribution >= 0.6 is 11.3 Å². The van der Waals surface area contributed by atoms with E-state index in [4.69, 9.17) is 0 Å². The summed E-state index contributed by atoms with van der Waals surface area (Å²) in [6.45, 7) is 4.27. The molecule has 2 heterocycles. The highest BCUT2D eigenvalue weighted by Crippen LogP contribution is 2.19. The van der Waals surface area contributed by atoms with Crippen molar-refractivity contribution in [3.8, 4) is 0 Å². The Labute approximate surface area is 183 Å². The maximum Gasteiger partial charge on any atom is 0.275 e. The lowest BCUT2D eigenvalue weighted by molar-refractivity contribution is 0.0940. The lowest BCUT2D eigenvalue weighted by Gasteiger charge is -2.16. The Kier molecular flexibility index (Phi) is 6.08. The van der Waals surface area contributed by atoms with Gasteiger partial charge in [-0.2, -0.15) is 9.61 Å². The van der Waals surface area contributed by atoms with Crippen LogP contribution in [0, 0.1) is 0 Å². The van der Waals surface area contributed by atoms with Gasteiger partial charge in [-0.25, -0.2) is 4.98 Å². The third-order valence-corrected chi connectivity index (χ3v) is 5.97. The smallest absolute Gasteiger partial charge is 0.275 e. The highest BCUT2D eigenvalue weighted by atomic mass is 32.1. The average molecular weight is 434 g/mol. The molecule has 2 N–H and O–H groups in total. The number of benzene rings is 2. The molecule has 4 rings (SSSR count). The molecular formula is C23H23N5O2S. The van der Waals surface area contributed by atoms with E-state index in [-0.39, 0.29) is 17.5 Å². The van der Waals surface area contributed by atoms with Crippen molar-refractivity contribution in [3.05, 3.63) is 92.8 Å². The Morgan fingerprint density at radius 1 is 1.13 bits per heavy atom. The molecule has 4 aromatic rings. The number of aromatic nitrogens is 3. The fraction of sp³-hybridized carbons (Fsp3) is 0.217. The second kappa shape index (κ2) is 9.09. The summed E-state index contributed by atoms with van der Waals surface area (Å²) in [6, 6.07) is 18.5. The normalized spacial score (nSPS) is 11.9. The van der Waals surface area contributed by atoms with Crippen LogP contribution in [0.2, 0.25) is 0 Å². The van der Waals surface area contributed by atoms with Crippen LogP contribution in [0.15, 0.2) is 65.5 Å². The summed E-state index contributed by atoms with van der Waals surface area (Å²) in [5.74, 6) is -0.169. The largest absolute Gasteiger partial charge is 0.379 e. The molecular weight excluding hydrogens is 410 g/mol. The number of nitrogens with zero attached hydrogens (tertiary/aromatic N) is 3. The molecule has 1 unspecified atom stereocenters. The van der Waals surface area contributed by atoms with Crippen LogP contribution in [0.1, 0.15) is 46.5 Å². The van der Waals surface area contributed by atoms with E-state index in [1.54, 1.807) is 6.07 Å². The first kappa shape index (κ1) is 20.7. The summed E-state index contributed by atoms with van der Waals surface area (Å²) in [5.41, 5.74) is 2.65. The molecule has 8 heteroatoms. The number of fused-ring (bicyclic) bond motifs is 1. The van der Waals surface area contributed by atoms with Crippen LogP contribution in [-0.2, 0) is 13.0 Å². The molecule has 7 nitrogen and oxygen atoms in total. The Bertz CT molecular complexity index is 1270. The first-order valence-electron chi connectivity index (χ1n) is 10.1. The molecule has 2 aromatic carbocycles. The highest BCUT2D eigenvalue weighted by molar-refractivity contribution is 7.16. The van der Waals surface area contributed by atoms with E-state index in [0.717, 1.165) is 17.0 Å². The summed E-state index contributed by atoms with van der Waals surface area (Å²) in [5, 5.41) is 11.4. The van der Waals surface area contributed by atoms with E-state index in [1.807, 2.05) is 62.4 Å². The van der Waals surface area contributed by atoms with Gasteiger partial charge in [0.15, 0.2) is 0 Å². The van der Waals surface area contributed by atoms with E-state index in [1.165, 1.54) is 21.9 Å². The molecule has 0 radical (unpaired) electrons. The summed E-state index contributed by atoms with van der Waals surface area (Å²) < 4.78 is 1.33. The maximum atomic E-state index is 12.9. The van der Waals surface area contributed by atoms with E-state index in [0.29, 0.717) is 28.5 Å². The quantitative estimate of drug-likeness (QED) is 0.463. The molecule has 0 bridgehead atoms. The van der Waals surface area contributed by atoms with Crippen LogP contribution < -0.4 is 16.2 Å². The Hall–Kier alpha value is -3.52. The molecule has 0 saturated carbocycles. The van der Waals surface area contributed by atoms with E-state index >= 15 is 0 Å². The molecule has 31 heavy (non-hydrogen) atoms. The van der Waals surface area contributed by atoms with E-state index in [9.17, 15) is 9.59 Å². The number of hydrogen-bond donors (Lipinski definition) is 2. The molecule has 0 aliphatic heterocycles. The molecule has 0 spiro atoms. The van der Waals surface area contributed by atoms with Crippen LogP contribution in [0.5, 0.6) is 0 Å². The van der Waals surface area contributed by atoms with Gasteiger partial charge in [-0.1, -0.05) is 60.7 Å². The number of carbonyl (C=O) groups is 1. The van der Waals surface area contributed by atoms with Gasteiger partial charge in [0.25, 0.3) is 11.5 Å². The van der Waals surface area contributed by atoms with Crippen LogP contribution in [0.3, 0.4) is 0 Å². The Morgan fingerprint density at radius 3 is 2.65 bits per heavy atom. The standard InChI is InChI=1S/C23H23N5O2S/c1-3-20-27-28-21(29)13-17(26-23(28)31-20)14-24-19-12-8-7-11-18(19)22(30)25-15(2)16-9-5-4-6-10-16/h4-13,15,24H,3,14H2,1-2H3,(H,25,30). The second-order valence-corrected chi connectivity index (χ2v) is 8.17. The second-order valence-electron chi connectivity index (χ2n) is 7.13. The number of amides is 1. The van der Waals surface area contributed by atoms with Crippen molar-refractivity contribution in [1.82, 2.24) is 19.9 Å². The number of carbonyl (C=O) groups excluding carboxylic acids is 1. The number of anilines is 1. The first-order chi connectivity index (χ1) is 15.0. The van der Waals surface area contributed by atoms with Gasteiger partial charge in [-0.3, -0.25) is 9.59 Å². The van der Waals surface area contributed by atoms with E-state index in [2.05, 4.69) is 20.7 Å². The molecule has 1 atom stereocenters. The van der Waals surface area contributed by atoms with Crippen molar-refractivity contribution < 1.29 is 4.79 Å². The van der Waals surface area contributed by atoms with Gasteiger partial charge in [0.1, 0.15) is 5.01 Å². The van der Waals surface area contributed by atoms with Gasteiger partial charge in [0.2, 0.25) is 4.96 Å². The van der Waals surface area contributed by atoms with Crippen molar-refractivity contribution in [2.75, 3.05) is 5.32 Å². The minimum absolute atomic E-state index is 0.120. The summed E-state index contributed by atoms with van der Waals surface area (Å²) in [6.07, 6.45) is 0.755. The lowest BCUT2D eigenvalue weighted by Crippen LogP contribution is -2.27. The summed E-state index contributed by atoms with van der Waals surface area (Å²) in [7, 11) is 0. The zero-order chi connectivity index (χ0) is 21.8. The van der Waals surface area contributed by atoms with Gasteiger partial charge >= 0.3 is 0 Å². The average Bonchev–Trinajstić information content (AvgIpc) is 3.22. The molecule has 0 aliphatic carbocycles. The molecule has 2 aromatic heterocycles. The van der Waals surface area contributed by atoms with Gasteiger partial charge in [0.05, 0.1) is 23.8 Å². The zero-order valence-corrected chi connectivity index (χ0v) is 18.1. The lowest BCUT2D eigenvalue weighted by atomic mass is 10.1. The number of nitrogens with one attached hydrogen (secondary N) is 2. The van der Waals surface area contributed by atoms with Gasteiger partial charge < -0.3 is 10.6 Å². The predicted octanol–water partition coefficient (Wildman–Crippen LogP) is 3.82. The summed E-state index contributed by atoms with van der Waals surface area (Å²) >= 11 is 1.41. The molecule has 0 aliphatic rings. The van der Waals surface area contributed by atoms with Crippen molar-refractivity contribution in [3.63, 3.8) is 0 Å². The highest BCUT2D eigenvalue weighted by Gasteiger charge is 2.15. The zero-order valence-electron chi connectivity index (χ0n) is 17.3. The number of aryl methyl sites for hydroxylation is 1. The monoisotopic (exact) mass is 433 g/mol. The Balaban J connectivity index is 1.50. The molecule has 0 saturated heterocycles. The number of rotatable bonds is 7. The Morgan fingerprint density at radius 2 is 1.87 bits per heavy atom. The van der Waals surface area contributed by atoms with Gasteiger partial charge in [-0.05, 0) is 31.0 Å². The molecule has 0 fully saturated rings. The fourth-order valence-corrected chi connectivity index (χ4v) is 4.11. The minimum Gasteiger partial charge on any atom is -0.379 e. The van der Waals surface area contributed by atoms with Crippen LogP contribution in [0.25, 0.3) is 4.96 Å². The van der Waals surface area contributed by atoms with Gasteiger partial charge in [-0.15, -0.1) is 0 Å². The predicted molar refractivity (Wildman–Crippen MR) is 123 cm³/mol. The minimum atomic E-state index is -0.208. The molecule has 158 valence electrons. The topological polar surface area (TPSA) is 88.4 Å². The third-order valence-electron chi connectivity index (χ3n) is 4.92. The van der Waals surface area contributed by atoms with Crippen molar-refractivity contribution in [1.29, 1.82) is 0 Å². The first-order valence-corrected chi connectivity index (χ1v) is 10.9. The van der Waals surface area contributed by atoms with Crippen molar-refractivity contribution in [2.24, 2.45) is 0 Å². The summed E-state index contributed by atoms with van der Waals surface area (Å²) in [4.78, 5) is 30.4. The SMILES string of the molecule is CCc1nn2c(=O)cc(CNc3ccccc3C(=O)NC(C)c3ccccc3)nc2s1.